The zero-order chi connectivity index (χ0) is 21.9. The number of rotatable bonds is 6. The van der Waals surface area contributed by atoms with Gasteiger partial charge in [0.1, 0.15) is 0 Å². The molecule has 0 saturated carbocycles. The third kappa shape index (κ3) is 4.54. The Balaban J connectivity index is 1.55. The first kappa shape index (κ1) is 22.0. The van der Waals surface area contributed by atoms with Gasteiger partial charge >= 0.3 is 0 Å². The van der Waals surface area contributed by atoms with Crippen LogP contribution in [0.4, 0.5) is 0 Å². The highest BCUT2D eigenvalue weighted by molar-refractivity contribution is 7.89. The van der Waals surface area contributed by atoms with Crippen LogP contribution in [0.3, 0.4) is 0 Å². The molecule has 0 unspecified atom stereocenters. The summed E-state index contributed by atoms with van der Waals surface area (Å²) in [6, 6.07) is 15.1. The molecule has 2 aliphatic rings. The molecule has 7 heteroatoms. The van der Waals surface area contributed by atoms with Gasteiger partial charge in [0.05, 0.1) is 4.90 Å². The van der Waals surface area contributed by atoms with Gasteiger partial charge in [-0.3, -0.25) is 4.79 Å². The molecule has 0 spiro atoms. The normalized spacial score (nSPS) is 19.3. The third-order valence-electron chi connectivity index (χ3n) is 6.58. The van der Waals surface area contributed by atoms with Crippen LogP contribution in [0.5, 0.6) is 0 Å². The average Bonchev–Trinajstić information content (AvgIpc) is 3.35. The van der Waals surface area contributed by atoms with Crippen molar-refractivity contribution in [3.63, 3.8) is 0 Å². The monoisotopic (exact) mass is 442 g/mol. The Labute approximate surface area is 184 Å². The van der Waals surface area contributed by atoms with Gasteiger partial charge in [-0.05, 0) is 55.9 Å². The first-order chi connectivity index (χ1) is 14.9. The second-order valence-corrected chi connectivity index (χ2v) is 10.5. The van der Waals surface area contributed by atoms with Crippen molar-refractivity contribution in [3.05, 3.63) is 65.2 Å². The Hall–Kier alpha value is -2.22. The highest BCUT2D eigenvalue weighted by Crippen LogP contribution is 2.34. The zero-order valence-electron chi connectivity index (χ0n) is 18.0. The van der Waals surface area contributed by atoms with E-state index in [0.29, 0.717) is 38.4 Å². The molecule has 31 heavy (non-hydrogen) atoms. The van der Waals surface area contributed by atoms with Crippen LogP contribution in [0.2, 0.25) is 0 Å². The Bertz CT molecular complexity index is 1020. The smallest absolute Gasteiger partial charge is 0.251 e. The highest BCUT2D eigenvalue weighted by atomic mass is 32.2. The summed E-state index contributed by atoms with van der Waals surface area (Å²) in [5, 5.41) is 3.09. The molecule has 1 amide bonds. The van der Waals surface area contributed by atoms with E-state index in [1.807, 2.05) is 25.1 Å². The van der Waals surface area contributed by atoms with Crippen molar-refractivity contribution in [3.8, 4) is 0 Å². The number of benzene rings is 2. The summed E-state index contributed by atoms with van der Waals surface area (Å²) in [6.07, 6.45) is 3.42. The summed E-state index contributed by atoms with van der Waals surface area (Å²) in [6.45, 7) is 4.73. The maximum absolute atomic E-state index is 13.1. The number of hydrogen-bond acceptors (Lipinski definition) is 4. The number of nitrogens with one attached hydrogen (secondary N) is 1. The summed E-state index contributed by atoms with van der Waals surface area (Å²) in [5.41, 5.74) is 2.19. The van der Waals surface area contributed by atoms with Gasteiger partial charge in [-0.15, -0.1) is 0 Å². The number of carbonyl (C=O) groups is 1. The Kier molecular flexibility index (Phi) is 6.46. The van der Waals surface area contributed by atoms with Crippen LogP contribution in [-0.2, 0) is 20.2 Å². The van der Waals surface area contributed by atoms with E-state index in [1.54, 1.807) is 12.1 Å². The van der Waals surface area contributed by atoms with E-state index in [1.165, 1.54) is 15.9 Å². The van der Waals surface area contributed by atoms with E-state index in [4.69, 9.17) is 4.74 Å². The first-order valence-corrected chi connectivity index (χ1v) is 12.4. The largest absolute Gasteiger partial charge is 0.381 e. The second-order valence-electron chi connectivity index (χ2n) is 8.53. The molecular formula is C24H30N2O4S. The summed E-state index contributed by atoms with van der Waals surface area (Å²) in [7, 11) is -3.57. The lowest BCUT2D eigenvalue weighted by Gasteiger charge is -2.38. The van der Waals surface area contributed by atoms with Gasteiger partial charge in [-0.25, -0.2) is 8.42 Å². The minimum atomic E-state index is -3.57. The summed E-state index contributed by atoms with van der Waals surface area (Å²) in [4.78, 5) is 13.3. The molecule has 1 N–H and O–H groups in total. The van der Waals surface area contributed by atoms with Gasteiger partial charge in [0, 0.05) is 43.8 Å². The number of aryl methyl sites for hydroxylation is 1. The number of nitrogens with zero attached hydrogens (tertiary/aromatic N) is 1. The van der Waals surface area contributed by atoms with E-state index in [9.17, 15) is 13.2 Å². The van der Waals surface area contributed by atoms with Crippen molar-refractivity contribution < 1.29 is 17.9 Å². The molecule has 0 atom stereocenters. The third-order valence-corrected chi connectivity index (χ3v) is 8.47. The van der Waals surface area contributed by atoms with Gasteiger partial charge in [-0.2, -0.15) is 4.31 Å². The van der Waals surface area contributed by atoms with Crippen LogP contribution in [0.15, 0.2) is 53.4 Å². The van der Waals surface area contributed by atoms with Crippen LogP contribution in [0.25, 0.3) is 0 Å². The number of amides is 1. The number of hydrogen-bond donors (Lipinski definition) is 1. The molecule has 0 radical (unpaired) electrons. The lowest BCUT2D eigenvalue weighted by molar-refractivity contribution is 0.0487. The minimum Gasteiger partial charge on any atom is -0.381 e. The number of carbonyl (C=O) groups excluding carboxylic acids is 1. The van der Waals surface area contributed by atoms with E-state index >= 15 is 0 Å². The van der Waals surface area contributed by atoms with Crippen LogP contribution in [0.1, 0.15) is 47.2 Å². The fourth-order valence-electron chi connectivity index (χ4n) is 4.55. The van der Waals surface area contributed by atoms with Crippen LogP contribution >= 0.6 is 0 Å². The van der Waals surface area contributed by atoms with Crippen molar-refractivity contribution in [2.24, 2.45) is 0 Å². The van der Waals surface area contributed by atoms with Gasteiger partial charge < -0.3 is 10.1 Å². The fraction of sp³-hybridized carbons (Fsp3) is 0.458. The molecule has 6 nitrogen and oxygen atoms in total. The minimum absolute atomic E-state index is 0.178. The number of ether oxygens (including phenoxy) is 1. The van der Waals surface area contributed by atoms with Crippen molar-refractivity contribution in [2.75, 3.05) is 32.8 Å². The Morgan fingerprint density at radius 3 is 2.42 bits per heavy atom. The average molecular weight is 443 g/mol. The molecule has 2 aromatic carbocycles. The van der Waals surface area contributed by atoms with Crippen molar-refractivity contribution in [2.45, 2.75) is 42.9 Å². The Morgan fingerprint density at radius 1 is 1.06 bits per heavy atom. The molecule has 4 rings (SSSR count). The molecule has 166 valence electrons. The van der Waals surface area contributed by atoms with E-state index in [-0.39, 0.29) is 16.2 Å². The lowest BCUT2D eigenvalue weighted by Crippen LogP contribution is -2.44. The van der Waals surface area contributed by atoms with E-state index in [0.717, 1.165) is 31.2 Å². The van der Waals surface area contributed by atoms with E-state index < -0.39 is 10.0 Å². The molecule has 2 fully saturated rings. The van der Waals surface area contributed by atoms with Crippen molar-refractivity contribution in [1.82, 2.24) is 9.62 Å². The molecule has 2 aliphatic heterocycles. The first-order valence-electron chi connectivity index (χ1n) is 10.9. The predicted octanol–water partition coefficient (Wildman–Crippen LogP) is 3.26. The summed E-state index contributed by atoms with van der Waals surface area (Å²) < 4.78 is 33.0. The van der Waals surface area contributed by atoms with Crippen LogP contribution in [-0.4, -0.2) is 51.5 Å². The van der Waals surface area contributed by atoms with Crippen molar-refractivity contribution >= 4 is 15.9 Å². The van der Waals surface area contributed by atoms with Gasteiger partial charge in [0.25, 0.3) is 5.91 Å². The van der Waals surface area contributed by atoms with Gasteiger partial charge in [0.2, 0.25) is 10.0 Å². The van der Waals surface area contributed by atoms with Gasteiger partial charge in [-0.1, -0.05) is 36.4 Å². The zero-order valence-corrected chi connectivity index (χ0v) is 18.8. The Morgan fingerprint density at radius 2 is 1.74 bits per heavy atom. The molecule has 0 aromatic heterocycles. The van der Waals surface area contributed by atoms with Crippen LogP contribution < -0.4 is 5.32 Å². The van der Waals surface area contributed by atoms with E-state index in [2.05, 4.69) is 17.4 Å². The fourth-order valence-corrected chi connectivity index (χ4v) is 6.09. The quantitative estimate of drug-likeness (QED) is 0.745. The van der Waals surface area contributed by atoms with Crippen LogP contribution in [0, 0.1) is 6.92 Å². The molecular weight excluding hydrogens is 412 g/mol. The summed E-state index contributed by atoms with van der Waals surface area (Å²) >= 11 is 0. The second kappa shape index (κ2) is 9.10. The SMILES string of the molecule is Cc1ccc(S(=O)(=O)N2CCCC2)cc1C(=O)NCC1(c2ccccc2)CCOCC1. The lowest BCUT2D eigenvalue weighted by atomic mass is 9.74. The maximum Gasteiger partial charge on any atom is 0.251 e. The highest BCUT2D eigenvalue weighted by Gasteiger charge is 2.35. The molecule has 2 heterocycles. The maximum atomic E-state index is 13.1. The molecule has 0 bridgehead atoms. The summed E-state index contributed by atoms with van der Waals surface area (Å²) in [5.74, 6) is -0.238. The standard InChI is InChI=1S/C24H30N2O4S/c1-19-9-10-21(31(28,29)26-13-5-6-14-26)17-22(19)23(27)25-18-24(11-15-30-16-12-24)20-7-3-2-4-8-20/h2-4,7-10,17H,5-6,11-16,18H2,1H3,(H,25,27). The van der Waals surface area contributed by atoms with Crippen molar-refractivity contribution in [1.29, 1.82) is 0 Å². The topological polar surface area (TPSA) is 75.7 Å². The number of sulfonamides is 1. The molecule has 2 aromatic rings. The van der Waals surface area contributed by atoms with Gasteiger partial charge in [0.15, 0.2) is 0 Å². The molecule has 2 saturated heterocycles. The predicted molar refractivity (Wildman–Crippen MR) is 120 cm³/mol. The molecule has 0 aliphatic carbocycles.